The number of hydrogen-bond acceptors (Lipinski definition) is 5. The van der Waals surface area contributed by atoms with Gasteiger partial charge in [-0.15, -0.1) is 0 Å². The number of carbonyl (C=O) groups is 1. The highest BCUT2D eigenvalue weighted by atomic mass is 16.5. The zero-order valence-corrected chi connectivity index (χ0v) is 11.5. The van der Waals surface area contributed by atoms with Crippen molar-refractivity contribution in [2.75, 3.05) is 20.3 Å². The molecule has 0 aromatic carbocycles. The molecule has 19 heavy (non-hydrogen) atoms. The summed E-state index contributed by atoms with van der Waals surface area (Å²) in [7, 11) is 1.36. The summed E-state index contributed by atoms with van der Waals surface area (Å²) in [5, 5.41) is 12.3. The Labute approximate surface area is 112 Å². The maximum absolute atomic E-state index is 11.4. The monoisotopic (exact) mass is 267 g/mol. The molecule has 0 unspecified atom stereocenters. The summed E-state index contributed by atoms with van der Waals surface area (Å²) in [5.41, 5.74) is 0.762. The molecule has 5 nitrogen and oxygen atoms in total. The maximum atomic E-state index is 11.4. The third kappa shape index (κ3) is 3.36. The first-order valence-corrected chi connectivity index (χ1v) is 6.59. The SMILES string of the molecule is COC(=O)c1cc(CNCC2(CCO)CC2)oc1C. The van der Waals surface area contributed by atoms with Gasteiger partial charge in [-0.1, -0.05) is 0 Å². The van der Waals surface area contributed by atoms with Gasteiger partial charge in [0, 0.05) is 13.2 Å². The second kappa shape index (κ2) is 5.75. The number of aliphatic hydroxyl groups excluding tert-OH is 1. The lowest BCUT2D eigenvalue weighted by atomic mass is 10.0. The molecule has 1 aromatic heterocycles. The van der Waals surface area contributed by atoms with Crippen LogP contribution < -0.4 is 5.32 Å². The van der Waals surface area contributed by atoms with Crippen LogP contribution in [0.4, 0.5) is 0 Å². The highest BCUT2D eigenvalue weighted by molar-refractivity contribution is 5.90. The van der Waals surface area contributed by atoms with Gasteiger partial charge in [0.2, 0.25) is 0 Å². The van der Waals surface area contributed by atoms with Crippen LogP contribution in [0.2, 0.25) is 0 Å². The van der Waals surface area contributed by atoms with Gasteiger partial charge in [0.25, 0.3) is 0 Å². The lowest BCUT2D eigenvalue weighted by Crippen LogP contribution is -2.24. The van der Waals surface area contributed by atoms with Gasteiger partial charge < -0.3 is 19.6 Å². The molecule has 0 saturated heterocycles. The third-order valence-corrected chi connectivity index (χ3v) is 3.77. The molecule has 1 aromatic rings. The van der Waals surface area contributed by atoms with E-state index in [1.54, 1.807) is 13.0 Å². The summed E-state index contributed by atoms with van der Waals surface area (Å²) in [5.74, 6) is 0.948. The molecular formula is C14H21NO4. The first kappa shape index (κ1) is 14.1. The Balaban J connectivity index is 1.85. The molecule has 0 aliphatic heterocycles. The van der Waals surface area contributed by atoms with Crippen molar-refractivity contribution >= 4 is 5.97 Å². The average molecular weight is 267 g/mol. The molecule has 2 rings (SSSR count). The maximum Gasteiger partial charge on any atom is 0.341 e. The minimum absolute atomic E-state index is 0.244. The van der Waals surface area contributed by atoms with Crippen LogP contribution in [0, 0.1) is 12.3 Å². The molecule has 1 saturated carbocycles. The Bertz CT molecular complexity index is 448. The molecule has 1 aliphatic carbocycles. The van der Waals surface area contributed by atoms with Gasteiger partial charge in [0.1, 0.15) is 17.1 Å². The van der Waals surface area contributed by atoms with Gasteiger partial charge in [0.05, 0.1) is 13.7 Å². The van der Waals surface area contributed by atoms with Crippen molar-refractivity contribution < 1.29 is 19.1 Å². The van der Waals surface area contributed by atoms with Crippen LogP contribution in [0.15, 0.2) is 10.5 Å². The summed E-state index contributed by atoms with van der Waals surface area (Å²) in [6.07, 6.45) is 3.20. The molecule has 1 aliphatic rings. The van der Waals surface area contributed by atoms with E-state index in [9.17, 15) is 4.79 Å². The number of esters is 1. The van der Waals surface area contributed by atoms with E-state index in [1.807, 2.05) is 0 Å². The van der Waals surface area contributed by atoms with Crippen molar-refractivity contribution in [3.05, 3.63) is 23.2 Å². The number of methoxy groups -OCH3 is 1. The molecular weight excluding hydrogens is 246 g/mol. The fraction of sp³-hybridized carbons (Fsp3) is 0.643. The highest BCUT2D eigenvalue weighted by Gasteiger charge is 2.41. The van der Waals surface area contributed by atoms with E-state index in [0.29, 0.717) is 17.9 Å². The standard InChI is InChI=1S/C14H21NO4/c1-10-12(13(17)18-2)7-11(19-10)8-15-9-14(3-4-14)5-6-16/h7,15-16H,3-6,8-9H2,1-2H3. The molecule has 0 spiro atoms. The quantitative estimate of drug-likeness (QED) is 0.735. The van der Waals surface area contributed by atoms with Crippen LogP contribution in [-0.4, -0.2) is 31.3 Å². The predicted molar refractivity (Wildman–Crippen MR) is 69.9 cm³/mol. The molecule has 1 heterocycles. The predicted octanol–water partition coefficient (Wildman–Crippen LogP) is 1.63. The highest BCUT2D eigenvalue weighted by Crippen LogP contribution is 2.47. The van der Waals surface area contributed by atoms with Gasteiger partial charge in [0.15, 0.2) is 0 Å². The minimum Gasteiger partial charge on any atom is -0.465 e. The molecule has 0 amide bonds. The number of furan rings is 1. The van der Waals surface area contributed by atoms with Crippen LogP contribution in [0.25, 0.3) is 0 Å². The van der Waals surface area contributed by atoms with Crippen LogP contribution in [-0.2, 0) is 11.3 Å². The molecule has 5 heteroatoms. The summed E-state index contributed by atoms with van der Waals surface area (Å²) in [4.78, 5) is 11.4. The van der Waals surface area contributed by atoms with E-state index in [4.69, 9.17) is 9.52 Å². The first-order valence-electron chi connectivity index (χ1n) is 6.59. The second-order valence-corrected chi connectivity index (χ2v) is 5.25. The van der Waals surface area contributed by atoms with Gasteiger partial charge in [-0.2, -0.15) is 0 Å². The van der Waals surface area contributed by atoms with E-state index in [0.717, 1.165) is 18.7 Å². The van der Waals surface area contributed by atoms with E-state index >= 15 is 0 Å². The van der Waals surface area contributed by atoms with Crippen LogP contribution in [0.5, 0.6) is 0 Å². The average Bonchev–Trinajstić information content (AvgIpc) is 3.04. The zero-order chi connectivity index (χ0) is 13.9. The minimum atomic E-state index is -0.369. The Hall–Kier alpha value is -1.33. The van der Waals surface area contributed by atoms with Crippen molar-refractivity contribution in [1.29, 1.82) is 0 Å². The van der Waals surface area contributed by atoms with Gasteiger partial charge in [-0.3, -0.25) is 0 Å². The summed E-state index contributed by atoms with van der Waals surface area (Å²) >= 11 is 0. The van der Waals surface area contributed by atoms with Crippen LogP contribution in [0.3, 0.4) is 0 Å². The third-order valence-electron chi connectivity index (χ3n) is 3.77. The largest absolute Gasteiger partial charge is 0.465 e. The molecule has 106 valence electrons. The Morgan fingerprint density at radius 1 is 1.58 bits per heavy atom. The molecule has 0 radical (unpaired) electrons. The summed E-state index contributed by atoms with van der Waals surface area (Å²) in [6.45, 7) is 3.46. The number of aryl methyl sites for hydroxylation is 1. The Kier molecular flexibility index (Phi) is 4.27. The molecule has 0 bridgehead atoms. The van der Waals surface area contributed by atoms with Crippen LogP contribution >= 0.6 is 0 Å². The Morgan fingerprint density at radius 2 is 2.32 bits per heavy atom. The summed E-state index contributed by atoms with van der Waals surface area (Å²) in [6, 6.07) is 1.72. The van der Waals surface area contributed by atoms with Crippen LogP contribution in [0.1, 0.15) is 41.1 Å². The lowest BCUT2D eigenvalue weighted by Gasteiger charge is -2.13. The number of ether oxygens (including phenoxy) is 1. The van der Waals surface area contributed by atoms with E-state index in [2.05, 4.69) is 10.1 Å². The zero-order valence-electron chi connectivity index (χ0n) is 11.5. The number of carbonyl (C=O) groups excluding carboxylic acids is 1. The summed E-state index contributed by atoms with van der Waals surface area (Å²) < 4.78 is 10.2. The van der Waals surface area contributed by atoms with Gasteiger partial charge in [-0.05, 0) is 37.7 Å². The van der Waals surface area contributed by atoms with Crippen molar-refractivity contribution in [2.45, 2.75) is 32.7 Å². The number of aliphatic hydroxyl groups is 1. The second-order valence-electron chi connectivity index (χ2n) is 5.25. The number of rotatable bonds is 7. The van der Waals surface area contributed by atoms with Crippen molar-refractivity contribution in [2.24, 2.45) is 5.41 Å². The lowest BCUT2D eigenvalue weighted by molar-refractivity contribution is 0.0599. The van der Waals surface area contributed by atoms with Gasteiger partial charge in [-0.25, -0.2) is 4.79 Å². The molecule has 2 N–H and O–H groups in total. The smallest absolute Gasteiger partial charge is 0.341 e. The van der Waals surface area contributed by atoms with Crippen molar-refractivity contribution in [3.63, 3.8) is 0 Å². The molecule has 0 atom stereocenters. The van der Waals surface area contributed by atoms with Crippen molar-refractivity contribution in [1.82, 2.24) is 5.32 Å². The van der Waals surface area contributed by atoms with Gasteiger partial charge >= 0.3 is 5.97 Å². The topological polar surface area (TPSA) is 71.7 Å². The number of hydrogen-bond donors (Lipinski definition) is 2. The number of nitrogens with one attached hydrogen (secondary N) is 1. The van der Waals surface area contributed by atoms with E-state index < -0.39 is 0 Å². The molecule has 1 fully saturated rings. The Morgan fingerprint density at radius 3 is 2.89 bits per heavy atom. The fourth-order valence-electron chi connectivity index (χ4n) is 2.32. The van der Waals surface area contributed by atoms with E-state index in [-0.39, 0.29) is 18.0 Å². The normalized spacial score (nSPS) is 16.4. The fourth-order valence-corrected chi connectivity index (χ4v) is 2.32. The van der Waals surface area contributed by atoms with Crippen molar-refractivity contribution in [3.8, 4) is 0 Å². The van der Waals surface area contributed by atoms with E-state index in [1.165, 1.54) is 20.0 Å². The first-order chi connectivity index (χ1) is 9.10.